The highest BCUT2D eigenvalue weighted by Crippen LogP contribution is 2.25. The number of benzene rings is 2. The van der Waals surface area contributed by atoms with Crippen molar-refractivity contribution >= 4 is 56.5 Å². The van der Waals surface area contributed by atoms with Gasteiger partial charge in [0.05, 0.1) is 11.9 Å². The lowest BCUT2D eigenvalue weighted by Gasteiger charge is -2.34. The Balaban J connectivity index is 2.53. The number of hydrogen-bond donors (Lipinski definition) is 1. The maximum absolute atomic E-state index is 13.7. The number of anilines is 1. The zero-order valence-corrected chi connectivity index (χ0v) is 24.2. The molecule has 8 nitrogen and oxygen atoms in total. The monoisotopic (exact) mass is 569 g/mol. The van der Waals surface area contributed by atoms with E-state index in [9.17, 15) is 22.8 Å². The first-order chi connectivity index (χ1) is 17.0. The van der Waals surface area contributed by atoms with E-state index in [0.29, 0.717) is 21.2 Å². The number of nitrogens with one attached hydrogen (secondary N) is 1. The van der Waals surface area contributed by atoms with Crippen LogP contribution in [0.15, 0.2) is 42.5 Å². The van der Waals surface area contributed by atoms with Crippen molar-refractivity contribution in [2.45, 2.75) is 59.2 Å². The lowest BCUT2D eigenvalue weighted by atomic mass is 10.1. The normalized spacial score (nSPS) is 12.5. The smallest absolute Gasteiger partial charge is 0.244 e. The van der Waals surface area contributed by atoms with E-state index < -0.39 is 34.1 Å². The molecule has 11 heteroatoms. The summed E-state index contributed by atoms with van der Waals surface area (Å²) in [6, 6.07) is 9.95. The van der Waals surface area contributed by atoms with Crippen LogP contribution in [-0.2, 0) is 26.2 Å². The highest BCUT2D eigenvalue weighted by atomic mass is 35.5. The number of rotatable bonds is 10. The molecule has 0 bridgehead atoms. The minimum Gasteiger partial charge on any atom is -0.350 e. The zero-order chi connectivity index (χ0) is 28.1. The number of ketones is 1. The summed E-state index contributed by atoms with van der Waals surface area (Å²) in [4.78, 5) is 40.1. The summed E-state index contributed by atoms with van der Waals surface area (Å²) in [5, 5.41) is 3.62. The maximum Gasteiger partial charge on any atom is 0.244 e. The van der Waals surface area contributed by atoms with Gasteiger partial charge in [-0.25, -0.2) is 8.42 Å². The second-order valence-corrected chi connectivity index (χ2v) is 12.5. The van der Waals surface area contributed by atoms with E-state index in [1.807, 2.05) is 20.8 Å². The van der Waals surface area contributed by atoms with Crippen molar-refractivity contribution in [1.29, 1.82) is 0 Å². The molecule has 0 aliphatic heterocycles. The zero-order valence-electron chi connectivity index (χ0n) is 21.8. The SMILES string of the molecule is CCC(C(=O)NC(C)(C)C)N(Cc1ccc(Cl)cc1Cl)C(=O)CN(c1cccc(C(C)=O)c1)S(C)(=O)=O. The molecular weight excluding hydrogens is 537 g/mol. The standard InChI is InChI=1S/C26H33Cl2N3O5S/c1-7-23(25(34)29-26(3,4)5)30(15-19-11-12-20(27)14-22(19)28)24(33)16-31(37(6,35)36)21-10-8-9-18(13-21)17(2)32/h8-14,23H,7,15-16H2,1-6H3,(H,29,34). The van der Waals surface area contributed by atoms with Crippen molar-refractivity contribution in [2.24, 2.45) is 0 Å². The molecule has 0 aromatic heterocycles. The first-order valence-corrected chi connectivity index (χ1v) is 14.3. The Morgan fingerprint density at radius 1 is 1.05 bits per heavy atom. The third kappa shape index (κ3) is 8.72. The van der Waals surface area contributed by atoms with E-state index >= 15 is 0 Å². The van der Waals surface area contributed by atoms with Crippen molar-refractivity contribution in [3.05, 3.63) is 63.6 Å². The predicted octanol–water partition coefficient (Wildman–Crippen LogP) is 4.68. The first kappa shape index (κ1) is 30.6. The van der Waals surface area contributed by atoms with Gasteiger partial charge in [0.1, 0.15) is 12.6 Å². The van der Waals surface area contributed by atoms with Crippen LogP contribution < -0.4 is 9.62 Å². The molecule has 37 heavy (non-hydrogen) atoms. The molecule has 0 heterocycles. The number of carbonyl (C=O) groups excluding carboxylic acids is 3. The molecule has 0 saturated heterocycles. The van der Waals surface area contributed by atoms with Crippen molar-refractivity contribution < 1.29 is 22.8 Å². The molecule has 0 saturated carbocycles. The van der Waals surface area contributed by atoms with E-state index in [1.165, 1.54) is 30.0 Å². The number of halogens is 2. The van der Waals surface area contributed by atoms with Gasteiger partial charge in [-0.15, -0.1) is 0 Å². The fourth-order valence-corrected chi connectivity index (χ4v) is 5.01. The molecule has 1 unspecified atom stereocenters. The van der Waals surface area contributed by atoms with E-state index in [0.717, 1.165) is 10.6 Å². The number of carbonyl (C=O) groups is 3. The van der Waals surface area contributed by atoms with Crippen molar-refractivity contribution in [3.63, 3.8) is 0 Å². The van der Waals surface area contributed by atoms with Crippen molar-refractivity contribution in [1.82, 2.24) is 10.2 Å². The van der Waals surface area contributed by atoms with Crippen LogP contribution in [0.4, 0.5) is 5.69 Å². The number of amides is 2. The highest BCUT2D eigenvalue weighted by molar-refractivity contribution is 7.92. The molecular formula is C26H33Cl2N3O5S. The predicted molar refractivity (Wildman–Crippen MR) is 148 cm³/mol. The summed E-state index contributed by atoms with van der Waals surface area (Å²) >= 11 is 12.4. The van der Waals surface area contributed by atoms with Crippen LogP contribution in [0.2, 0.25) is 10.0 Å². The van der Waals surface area contributed by atoms with Crippen LogP contribution >= 0.6 is 23.2 Å². The number of Topliss-reactive ketones (excluding diaryl/α,β-unsaturated/α-hetero) is 1. The second-order valence-electron chi connectivity index (χ2n) is 9.80. The third-order valence-corrected chi connectivity index (χ3v) is 7.19. The molecule has 0 spiro atoms. The van der Waals surface area contributed by atoms with Gasteiger partial charge < -0.3 is 10.2 Å². The van der Waals surface area contributed by atoms with Gasteiger partial charge >= 0.3 is 0 Å². The van der Waals surface area contributed by atoms with Gasteiger partial charge in [-0.05, 0) is 63.9 Å². The van der Waals surface area contributed by atoms with Gasteiger partial charge in [-0.2, -0.15) is 0 Å². The van der Waals surface area contributed by atoms with Crippen LogP contribution in [0.3, 0.4) is 0 Å². The Kier molecular flexibility index (Phi) is 10.2. The quantitative estimate of drug-likeness (QED) is 0.418. The number of hydrogen-bond acceptors (Lipinski definition) is 5. The Bertz CT molecular complexity index is 1280. The summed E-state index contributed by atoms with van der Waals surface area (Å²) in [6.07, 6.45) is 1.25. The summed E-state index contributed by atoms with van der Waals surface area (Å²) in [7, 11) is -3.93. The van der Waals surface area contributed by atoms with Crippen molar-refractivity contribution in [2.75, 3.05) is 17.1 Å². The van der Waals surface area contributed by atoms with Crippen LogP contribution in [0.5, 0.6) is 0 Å². The lowest BCUT2D eigenvalue weighted by molar-refractivity contribution is -0.141. The maximum atomic E-state index is 13.7. The van der Waals surface area contributed by atoms with E-state index in [2.05, 4.69) is 5.32 Å². The van der Waals surface area contributed by atoms with Gasteiger partial charge in [0, 0.05) is 27.7 Å². The molecule has 0 radical (unpaired) electrons. The van der Waals surface area contributed by atoms with E-state index in [4.69, 9.17) is 23.2 Å². The fraction of sp³-hybridized carbons (Fsp3) is 0.423. The molecule has 202 valence electrons. The molecule has 2 rings (SSSR count). The Labute approximate surface area is 229 Å². The van der Waals surface area contributed by atoms with Gasteiger partial charge in [-0.3, -0.25) is 18.7 Å². The third-order valence-electron chi connectivity index (χ3n) is 5.46. The second kappa shape index (κ2) is 12.3. The first-order valence-electron chi connectivity index (χ1n) is 11.7. The molecule has 2 aromatic rings. The molecule has 1 N–H and O–H groups in total. The van der Waals surface area contributed by atoms with E-state index in [-0.39, 0.29) is 30.3 Å². The van der Waals surface area contributed by atoms with Crippen LogP contribution in [-0.4, -0.2) is 55.3 Å². The molecule has 2 amide bonds. The fourth-order valence-electron chi connectivity index (χ4n) is 3.70. The average Bonchev–Trinajstić information content (AvgIpc) is 2.76. The minimum atomic E-state index is -3.93. The molecule has 1 atom stereocenters. The average molecular weight is 571 g/mol. The van der Waals surface area contributed by atoms with Crippen LogP contribution in [0.1, 0.15) is 57.0 Å². The van der Waals surface area contributed by atoms with Gasteiger partial charge in [0.2, 0.25) is 21.8 Å². The molecule has 2 aromatic carbocycles. The highest BCUT2D eigenvalue weighted by Gasteiger charge is 2.33. The lowest BCUT2D eigenvalue weighted by Crippen LogP contribution is -2.55. The molecule has 0 fully saturated rings. The summed E-state index contributed by atoms with van der Waals surface area (Å²) < 4.78 is 26.4. The molecule has 0 aliphatic carbocycles. The van der Waals surface area contributed by atoms with E-state index in [1.54, 1.807) is 31.2 Å². The molecule has 0 aliphatic rings. The summed E-state index contributed by atoms with van der Waals surface area (Å²) in [5.74, 6) is -1.23. The van der Waals surface area contributed by atoms with Gasteiger partial charge in [0.15, 0.2) is 5.78 Å². The van der Waals surface area contributed by atoms with Gasteiger partial charge in [0.25, 0.3) is 0 Å². The van der Waals surface area contributed by atoms with Crippen molar-refractivity contribution in [3.8, 4) is 0 Å². The van der Waals surface area contributed by atoms with Crippen LogP contribution in [0.25, 0.3) is 0 Å². The Hall–Kier alpha value is -2.62. The summed E-state index contributed by atoms with van der Waals surface area (Å²) in [6.45, 7) is 7.99. The largest absolute Gasteiger partial charge is 0.350 e. The topological polar surface area (TPSA) is 104 Å². The Morgan fingerprint density at radius 2 is 1.70 bits per heavy atom. The Morgan fingerprint density at radius 3 is 2.22 bits per heavy atom. The number of nitrogens with zero attached hydrogens (tertiary/aromatic N) is 2. The minimum absolute atomic E-state index is 0.0456. The number of sulfonamides is 1. The summed E-state index contributed by atoms with van der Waals surface area (Å²) in [5.41, 5.74) is 0.466. The van der Waals surface area contributed by atoms with Crippen LogP contribution in [0, 0.1) is 0 Å². The van der Waals surface area contributed by atoms with Gasteiger partial charge in [-0.1, -0.05) is 48.3 Å².